The molecular formula is C30H43N7O5. The van der Waals surface area contributed by atoms with Crippen LogP contribution >= 0.6 is 0 Å². The Morgan fingerprint density at radius 2 is 1.74 bits per heavy atom. The highest BCUT2D eigenvalue weighted by Crippen LogP contribution is 2.32. The molecule has 12 nitrogen and oxygen atoms in total. The largest absolute Gasteiger partial charge is 0.465 e. The Morgan fingerprint density at radius 1 is 1.07 bits per heavy atom. The van der Waals surface area contributed by atoms with E-state index in [1.165, 1.54) is 4.90 Å². The summed E-state index contributed by atoms with van der Waals surface area (Å²) in [6, 6.07) is 7.23. The van der Waals surface area contributed by atoms with E-state index in [2.05, 4.69) is 20.6 Å². The molecule has 0 radical (unpaired) electrons. The summed E-state index contributed by atoms with van der Waals surface area (Å²) in [5.74, 6) is -0.343. The molecule has 0 bridgehead atoms. The number of rotatable bonds is 11. The van der Waals surface area contributed by atoms with Gasteiger partial charge in [-0.15, -0.1) is 0 Å². The Hall–Kier alpha value is -3.93. The third-order valence-electron chi connectivity index (χ3n) is 8.60. The van der Waals surface area contributed by atoms with Crippen LogP contribution in [0.1, 0.15) is 57.4 Å². The fourth-order valence-electron chi connectivity index (χ4n) is 6.10. The molecule has 12 heteroatoms. The van der Waals surface area contributed by atoms with Crippen molar-refractivity contribution >= 4 is 35.8 Å². The van der Waals surface area contributed by atoms with Gasteiger partial charge in [0.15, 0.2) is 0 Å². The first kappa shape index (κ1) is 31.0. The monoisotopic (exact) mass is 581 g/mol. The van der Waals surface area contributed by atoms with E-state index in [4.69, 9.17) is 0 Å². The van der Waals surface area contributed by atoms with E-state index in [1.807, 2.05) is 20.9 Å². The lowest BCUT2D eigenvalue weighted by molar-refractivity contribution is -0.135. The number of nitrogens with zero attached hydrogens (tertiary/aromatic N) is 5. The highest BCUT2D eigenvalue weighted by molar-refractivity contribution is 6.00. The van der Waals surface area contributed by atoms with Crippen molar-refractivity contribution in [2.75, 3.05) is 43.4 Å². The van der Waals surface area contributed by atoms with E-state index in [0.717, 1.165) is 57.2 Å². The van der Waals surface area contributed by atoms with Crippen LogP contribution in [0.2, 0.25) is 0 Å². The molecule has 3 N–H and O–H groups in total. The number of hydrogen-bond acceptors (Lipinski definition) is 6. The number of benzene rings is 1. The zero-order valence-corrected chi connectivity index (χ0v) is 24.7. The number of aryl methyl sites for hydroxylation is 1. The third-order valence-corrected chi connectivity index (χ3v) is 8.60. The van der Waals surface area contributed by atoms with Gasteiger partial charge >= 0.3 is 6.09 Å². The van der Waals surface area contributed by atoms with Crippen molar-refractivity contribution in [2.24, 2.45) is 5.92 Å². The first-order valence-corrected chi connectivity index (χ1v) is 14.9. The van der Waals surface area contributed by atoms with Gasteiger partial charge in [0.25, 0.3) is 0 Å². The van der Waals surface area contributed by atoms with Crippen molar-refractivity contribution in [2.45, 2.75) is 70.5 Å². The van der Waals surface area contributed by atoms with Crippen LogP contribution in [0.25, 0.3) is 0 Å². The first-order valence-electron chi connectivity index (χ1n) is 14.9. The molecule has 1 aromatic heterocycles. The highest BCUT2D eigenvalue weighted by atomic mass is 16.4. The van der Waals surface area contributed by atoms with Gasteiger partial charge in [-0.2, -0.15) is 5.10 Å². The summed E-state index contributed by atoms with van der Waals surface area (Å²) in [4.78, 5) is 56.4. The number of likely N-dealkylation sites (N-methyl/N-ethyl adjacent to an activating group) is 1. The maximum Gasteiger partial charge on any atom is 0.405 e. The van der Waals surface area contributed by atoms with Gasteiger partial charge in [0.2, 0.25) is 18.2 Å². The minimum absolute atomic E-state index is 0.0203. The predicted molar refractivity (Wildman–Crippen MR) is 159 cm³/mol. The Kier molecular flexibility index (Phi) is 10.6. The SMILES string of the molecule is CCn1nccc1N(C=O)[C@H](C(=O)Nc1ccc([C@H](C)[C@@H](NC(=O)O)C(=O)N2CCN(C)CC2)cc1)C1CCCCC1. The minimum atomic E-state index is -1.25. The average molecular weight is 582 g/mol. The fourth-order valence-corrected chi connectivity index (χ4v) is 6.10. The summed E-state index contributed by atoms with van der Waals surface area (Å²) in [5.41, 5.74) is 1.32. The average Bonchev–Trinajstić information content (AvgIpc) is 3.47. The number of aromatic nitrogens is 2. The number of amides is 4. The van der Waals surface area contributed by atoms with Crippen LogP contribution in [0.4, 0.5) is 16.3 Å². The molecule has 2 aromatic rings. The summed E-state index contributed by atoms with van der Waals surface area (Å²) in [6.45, 7) is 6.89. The number of carbonyl (C=O) groups is 4. The second-order valence-corrected chi connectivity index (χ2v) is 11.3. The zero-order chi connectivity index (χ0) is 30.2. The molecule has 228 valence electrons. The van der Waals surface area contributed by atoms with Crippen LogP contribution in [0.5, 0.6) is 0 Å². The molecule has 1 aliphatic carbocycles. The fraction of sp³-hybridized carbons (Fsp3) is 0.567. The molecule has 1 aromatic carbocycles. The van der Waals surface area contributed by atoms with Crippen molar-refractivity contribution < 1.29 is 24.3 Å². The molecule has 4 rings (SSSR count). The van der Waals surface area contributed by atoms with E-state index in [1.54, 1.807) is 46.1 Å². The van der Waals surface area contributed by atoms with Crippen LogP contribution in [0, 0.1) is 5.92 Å². The van der Waals surface area contributed by atoms with E-state index < -0.39 is 24.1 Å². The molecule has 2 aliphatic rings. The van der Waals surface area contributed by atoms with Crippen molar-refractivity contribution in [3.8, 4) is 0 Å². The van der Waals surface area contributed by atoms with Crippen LogP contribution in [-0.2, 0) is 20.9 Å². The predicted octanol–water partition coefficient (Wildman–Crippen LogP) is 2.97. The standard InChI is InChI=1S/C30H43N7O5/c1-4-37-25(14-15-31-37)36(20-38)27(23-8-6-5-7-9-23)28(39)32-24-12-10-22(11-13-24)21(2)26(33-30(41)42)29(40)35-18-16-34(3)17-19-35/h10-15,20-21,23,26-27,33H,4-9,16-19H2,1-3H3,(H,32,39)(H,41,42)/t21-,26+,27-/m0/s1. The van der Waals surface area contributed by atoms with E-state index >= 15 is 0 Å². The zero-order valence-electron chi connectivity index (χ0n) is 24.7. The van der Waals surface area contributed by atoms with Gasteiger partial charge in [-0.25, -0.2) is 9.48 Å². The molecule has 1 saturated carbocycles. The number of hydrogen-bond donors (Lipinski definition) is 3. The maximum absolute atomic E-state index is 13.8. The third kappa shape index (κ3) is 7.28. The molecule has 2 heterocycles. The number of carbonyl (C=O) groups excluding carboxylic acids is 3. The van der Waals surface area contributed by atoms with Crippen LogP contribution in [0.15, 0.2) is 36.5 Å². The van der Waals surface area contributed by atoms with Crippen molar-refractivity contribution in [3.05, 3.63) is 42.1 Å². The van der Waals surface area contributed by atoms with Gasteiger partial charge in [0.1, 0.15) is 17.9 Å². The lowest BCUT2D eigenvalue weighted by atomic mass is 9.82. The Morgan fingerprint density at radius 3 is 2.33 bits per heavy atom. The Bertz CT molecular complexity index is 1220. The van der Waals surface area contributed by atoms with Gasteiger partial charge in [0.05, 0.1) is 6.20 Å². The number of nitrogens with one attached hydrogen (secondary N) is 2. The topological polar surface area (TPSA) is 140 Å². The normalized spacial score (nSPS) is 18.5. The van der Waals surface area contributed by atoms with Gasteiger partial charge in [0, 0.05) is 50.4 Å². The maximum atomic E-state index is 13.8. The molecule has 3 atom stereocenters. The lowest BCUT2D eigenvalue weighted by Gasteiger charge is -2.36. The number of carboxylic acid groups (broad SMARTS) is 1. The molecule has 1 aliphatic heterocycles. The summed E-state index contributed by atoms with van der Waals surface area (Å²) in [6.07, 6.45) is 5.96. The Labute approximate surface area is 247 Å². The second kappa shape index (κ2) is 14.3. The molecule has 0 unspecified atom stereocenters. The summed E-state index contributed by atoms with van der Waals surface area (Å²) in [7, 11) is 1.99. The van der Waals surface area contributed by atoms with Crippen molar-refractivity contribution in [1.82, 2.24) is 24.9 Å². The van der Waals surface area contributed by atoms with Gasteiger partial charge in [-0.3, -0.25) is 19.3 Å². The van der Waals surface area contributed by atoms with Crippen LogP contribution in [0.3, 0.4) is 0 Å². The first-order chi connectivity index (χ1) is 20.2. The Balaban J connectivity index is 1.51. The molecule has 1 saturated heterocycles. The smallest absolute Gasteiger partial charge is 0.405 e. The van der Waals surface area contributed by atoms with Crippen LogP contribution in [-0.4, -0.2) is 94.3 Å². The van der Waals surface area contributed by atoms with Gasteiger partial charge in [-0.05, 0) is 50.4 Å². The molecule has 42 heavy (non-hydrogen) atoms. The van der Waals surface area contributed by atoms with E-state index in [9.17, 15) is 24.3 Å². The van der Waals surface area contributed by atoms with Crippen molar-refractivity contribution in [3.63, 3.8) is 0 Å². The quantitative estimate of drug-likeness (QED) is 0.347. The summed E-state index contributed by atoms with van der Waals surface area (Å²) in [5, 5.41) is 19.2. The molecule has 0 spiro atoms. The molecule has 4 amide bonds. The second-order valence-electron chi connectivity index (χ2n) is 11.3. The lowest BCUT2D eigenvalue weighted by Crippen LogP contribution is -2.55. The van der Waals surface area contributed by atoms with E-state index in [0.29, 0.717) is 31.1 Å². The summed E-state index contributed by atoms with van der Waals surface area (Å²) >= 11 is 0. The van der Waals surface area contributed by atoms with Crippen molar-refractivity contribution in [1.29, 1.82) is 0 Å². The highest BCUT2D eigenvalue weighted by Gasteiger charge is 2.37. The molecule has 2 fully saturated rings. The van der Waals surface area contributed by atoms with Crippen LogP contribution < -0.4 is 15.5 Å². The summed E-state index contributed by atoms with van der Waals surface area (Å²) < 4.78 is 1.71. The molecular weight excluding hydrogens is 538 g/mol. The van der Waals surface area contributed by atoms with Gasteiger partial charge < -0.3 is 25.5 Å². The minimum Gasteiger partial charge on any atom is -0.465 e. The van der Waals surface area contributed by atoms with Gasteiger partial charge in [-0.1, -0.05) is 38.3 Å². The van der Waals surface area contributed by atoms with E-state index in [-0.39, 0.29) is 17.7 Å². The number of anilines is 2. The number of piperazine rings is 1.